The molecule has 1 aromatic heterocycles. The summed E-state index contributed by atoms with van der Waals surface area (Å²) in [5, 5.41) is 3.56. The van der Waals surface area contributed by atoms with Gasteiger partial charge in [-0.25, -0.2) is 0 Å². The molecule has 1 aromatic rings. The minimum atomic E-state index is 0.842. The van der Waals surface area contributed by atoms with Crippen LogP contribution < -0.4 is 5.32 Å². The number of halogens is 1. The molecule has 1 saturated carbocycles. The largest absolute Gasteiger partial charge is 0.317 e. The van der Waals surface area contributed by atoms with Crippen molar-refractivity contribution in [2.75, 3.05) is 13.1 Å². The minimum absolute atomic E-state index is 0.842. The van der Waals surface area contributed by atoms with Gasteiger partial charge in [-0.15, -0.1) is 11.3 Å². The van der Waals surface area contributed by atoms with E-state index >= 15 is 0 Å². The van der Waals surface area contributed by atoms with Gasteiger partial charge in [0, 0.05) is 4.88 Å². The van der Waals surface area contributed by atoms with Gasteiger partial charge in [0.2, 0.25) is 0 Å². The molecule has 0 bridgehead atoms. The van der Waals surface area contributed by atoms with Gasteiger partial charge in [0.25, 0.3) is 0 Å². The maximum absolute atomic E-state index is 6.08. The highest BCUT2D eigenvalue weighted by Crippen LogP contribution is 2.39. The van der Waals surface area contributed by atoms with Gasteiger partial charge in [0.1, 0.15) is 0 Å². The maximum Gasteiger partial charge on any atom is 0.0931 e. The molecule has 0 aliphatic heterocycles. The predicted molar refractivity (Wildman–Crippen MR) is 90.8 cm³/mol. The lowest BCUT2D eigenvalue weighted by atomic mass is 9.71. The van der Waals surface area contributed by atoms with Gasteiger partial charge < -0.3 is 5.32 Å². The quantitative estimate of drug-likeness (QED) is 0.712. The first-order valence-corrected chi connectivity index (χ1v) is 9.37. The Bertz CT molecular complexity index is 390. The Balaban J connectivity index is 1.96. The zero-order valence-electron chi connectivity index (χ0n) is 12.8. The third kappa shape index (κ3) is 4.75. The lowest BCUT2D eigenvalue weighted by Gasteiger charge is -2.36. The van der Waals surface area contributed by atoms with E-state index in [2.05, 4.69) is 25.2 Å². The SMILES string of the molecule is CCCC1CCC(CNCC)C(Cc2ccc(Cl)s2)C1. The number of hydrogen-bond acceptors (Lipinski definition) is 2. The third-order valence-electron chi connectivity index (χ3n) is 4.69. The molecule has 0 amide bonds. The molecule has 1 N–H and O–H groups in total. The van der Waals surface area contributed by atoms with Crippen LogP contribution in [0.25, 0.3) is 0 Å². The highest BCUT2D eigenvalue weighted by molar-refractivity contribution is 7.16. The maximum atomic E-state index is 6.08. The summed E-state index contributed by atoms with van der Waals surface area (Å²) in [6.45, 7) is 6.81. The summed E-state index contributed by atoms with van der Waals surface area (Å²) in [4.78, 5) is 1.47. The minimum Gasteiger partial charge on any atom is -0.317 e. The summed E-state index contributed by atoms with van der Waals surface area (Å²) in [7, 11) is 0. The lowest BCUT2D eigenvalue weighted by molar-refractivity contribution is 0.169. The molecule has 20 heavy (non-hydrogen) atoms. The Morgan fingerprint density at radius 2 is 2.10 bits per heavy atom. The summed E-state index contributed by atoms with van der Waals surface area (Å²) >= 11 is 7.85. The van der Waals surface area contributed by atoms with Gasteiger partial charge in [-0.1, -0.05) is 44.7 Å². The Morgan fingerprint density at radius 3 is 2.75 bits per heavy atom. The normalized spacial score (nSPS) is 26.9. The van der Waals surface area contributed by atoms with E-state index in [0.29, 0.717) is 0 Å². The van der Waals surface area contributed by atoms with Crippen LogP contribution in [0, 0.1) is 17.8 Å². The molecule has 0 radical (unpaired) electrons. The smallest absolute Gasteiger partial charge is 0.0931 e. The molecule has 114 valence electrons. The molecule has 1 aliphatic rings. The first-order valence-electron chi connectivity index (χ1n) is 8.17. The van der Waals surface area contributed by atoms with Crippen molar-refractivity contribution in [3.05, 3.63) is 21.3 Å². The van der Waals surface area contributed by atoms with Crippen LogP contribution in [0.5, 0.6) is 0 Å². The van der Waals surface area contributed by atoms with E-state index in [0.717, 1.165) is 28.6 Å². The molecule has 1 nitrogen and oxygen atoms in total. The molecule has 3 unspecified atom stereocenters. The van der Waals surface area contributed by atoms with Crippen LogP contribution in [0.4, 0.5) is 0 Å². The van der Waals surface area contributed by atoms with Gasteiger partial charge in [0.05, 0.1) is 4.34 Å². The van der Waals surface area contributed by atoms with E-state index in [9.17, 15) is 0 Å². The average Bonchev–Trinajstić information content (AvgIpc) is 2.84. The molecular formula is C17H28ClNS. The topological polar surface area (TPSA) is 12.0 Å². The van der Waals surface area contributed by atoms with Crippen LogP contribution >= 0.6 is 22.9 Å². The average molecular weight is 314 g/mol. The van der Waals surface area contributed by atoms with Gasteiger partial charge in [-0.3, -0.25) is 0 Å². The fraction of sp³-hybridized carbons (Fsp3) is 0.765. The molecule has 0 spiro atoms. The molecule has 1 aliphatic carbocycles. The number of thiophene rings is 1. The second-order valence-corrected chi connectivity index (χ2v) is 8.01. The van der Waals surface area contributed by atoms with Crippen LogP contribution in [0.15, 0.2) is 12.1 Å². The zero-order valence-corrected chi connectivity index (χ0v) is 14.4. The summed E-state index contributed by atoms with van der Waals surface area (Å²) < 4.78 is 0.934. The molecule has 0 aromatic carbocycles. The van der Waals surface area contributed by atoms with E-state index in [4.69, 9.17) is 11.6 Å². The molecular weight excluding hydrogens is 286 g/mol. The monoisotopic (exact) mass is 313 g/mol. The predicted octanol–water partition coefficient (Wildman–Crippen LogP) is 5.39. The van der Waals surface area contributed by atoms with Crippen molar-refractivity contribution >= 4 is 22.9 Å². The first kappa shape index (κ1) is 16.3. The number of hydrogen-bond donors (Lipinski definition) is 1. The van der Waals surface area contributed by atoms with Crippen molar-refractivity contribution < 1.29 is 0 Å². The molecule has 3 heteroatoms. The zero-order chi connectivity index (χ0) is 14.4. The summed E-state index contributed by atoms with van der Waals surface area (Å²) in [5.74, 6) is 2.65. The summed E-state index contributed by atoms with van der Waals surface area (Å²) in [5.41, 5.74) is 0. The van der Waals surface area contributed by atoms with Crippen LogP contribution in [0.1, 0.15) is 50.8 Å². The molecule has 1 heterocycles. The fourth-order valence-electron chi connectivity index (χ4n) is 3.66. The fourth-order valence-corrected chi connectivity index (χ4v) is 4.84. The second-order valence-electron chi connectivity index (χ2n) is 6.21. The van der Waals surface area contributed by atoms with E-state index in [-0.39, 0.29) is 0 Å². The molecule has 3 atom stereocenters. The van der Waals surface area contributed by atoms with E-state index in [1.54, 1.807) is 11.3 Å². The van der Waals surface area contributed by atoms with Crippen LogP contribution in [-0.2, 0) is 6.42 Å². The van der Waals surface area contributed by atoms with Crippen molar-refractivity contribution in [2.45, 2.75) is 52.4 Å². The van der Waals surface area contributed by atoms with Gasteiger partial charge >= 0.3 is 0 Å². The van der Waals surface area contributed by atoms with Crippen LogP contribution in [0.2, 0.25) is 4.34 Å². The van der Waals surface area contributed by atoms with Gasteiger partial charge in [-0.05, 0) is 62.2 Å². The standard InChI is InChI=1S/C17H28ClNS/c1-3-5-13-6-7-14(12-19-4-2)15(10-13)11-16-8-9-17(18)20-16/h8-9,13-15,19H,3-7,10-12H2,1-2H3. The highest BCUT2D eigenvalue weighted by atomic mass is 35.5. The Hall–Kier alpha value is -0.0500. The first-order chi connectivity index (χ1) is 9.72. The Morgan fingerprint density at radius 1 is 1.25 bits per heavy atom. The molecule has 0 saturated heterocycles. The van der Waals surface area contributed by atoms with Crippen molar-refractivity contribution in [1.82, 2.24) is 5.32 Å². The Kier molecular flexibility index (Phi) is 6.86. The van der Waals surface area contributed by atoms with E-state index in [1.165, 1.54) is 49.9 Å². The lowest BCUT2D eigenvalue weighted by Crippen LogP contribution is -2.34. The second kappa shape index (κ2) is 8.41. The van der Waals surface area contributed by atoms with Crippen molar-refractivity contribution in [3.63, 3.8) is 0 Å². The summed E-state index contributed by atoms with van der Waals surface area (Å²) in [6.07, 6.45) is 8.23. The van der Waals surface area contributed by atoms with Gasteiger partial charge in [0.15, 0.2) is 0 Å². The van der Waals surface area contributed by atoms with Crippen molar-refractivity contribution in [1.29, 1.82) is 0 Å². The van der Waals surface area contributed by atoms with E-state index < -0.39 is 0 Å². The van der Waals surface area contributed by atoms with Crippen LogP contribution in [-0.4, -0.2) is 13.1 Å². The van der Waals surface area contributed by atoms with E-state index in [1.807, 2.05) is 6.07 Å². The Labute approximate surface area is 133 Å². The van der Waals surface area contributed by atoms with Crippen molar-refractivity contribution in [2.24, 2.45) is 17.8 Å². The highest BCUT2D eigenvalue weighted by Gasteiger charge is 2.30. The van der Waals surface area contributed by atoms with Crippen LogP contribution in [0.3, 0.4) is 0 Å². The molecule has 1 fully saturated rings. The third-order valence-corrected chi connectivity index (χ3v) is 5.95. The number of rotatable bonds is 7. The van der Waals surface area contributed by atoms with Crippen molar-refractivity contribution in [3.8, 4) is 0 Å². The number of nitrogens with one attached hydrogen (secondary N) is 1. The summed E-state index contributed by atoms with van der Waals surface area (Å²) in [6, 6.07) is 4.27. The van der Waals surface area contributed by atoms with Gasteiger partial charge in [-0.2, -0.15) is 0 Å². The molecule has 2 rings (SSSR count).